The molecule has 1 fully saturated rings. The lowest BCUT2D eigenvalue weighted by Gasteiger charge is -2.15. The van der Waals surface area contributed by atoms with E-state index in [0.29, 0.717) is 16.8 Å². The van der Waals surface area contributed by atoms with Crippen molar-refractivity contribution in [3.63, 3.8) is 0 Å². The van der Waals surface area contributed by atoms with Gasteiger partial charge >= 0.3 is 0 Å². The smallest absolute Gasteiger partial charge is 0.255 e. The Balaban J connectivity index is 1.85. The largest absolute Gasteiger partial charge is 0.350 e. The highest BCUT2D eigenvalue weighted by atomic mass is 32.2. The van der Waals surface area contributed by atoms with E-state index < -0.39 is 15.9 Å². The van der Waals surface area contributed by atoms with Gasteiger partial charge in [-0.15, -0.1) is 0 Å². The van der Waals surface area contributed by atoms with Crippen molar-refractivity contribution < 1.29 is 18.0 Å². The summed E-state index contributed by atoms with van der Waals surface area (Å²) in [7, 11) is -3.67. The molecule has 3 N–H and O–H groups in total. The van der Waals surface area contributed by atoms with E-state index >= 15 is 0 Å². The van der Waals surface area contributed by atoms with Crippen LogP contribution < -0.4 is 15.4 Å². The van der Waals surface area contributed by atoms with Gasteiger partial charge in [0, 0.05) is 17.6 Å². The van der Waals surface area contributed by atoms with E-state index in [0.717, 1.165) is 19.3 Å². The average molecular weight is 430 g/mol. The van der Waals surface area contributed by atoms with Crippen LogP contribution in [0.1, 0.15) is 59.4 Å². The first-order chi connectivity index (χ1) is 14.2. The Hall–Kier alpha value is -2.71. The molecule has 1 aliphatic rings. The van der Waals surface area contributed by atoms with Crippen molar-refractivity contribution in [2.75, 3.05) is 5.32 Å². The summed E-state index contributed by atoms with van der Waals surface area (Å²) in [4.78, 5) is 25.6. The molecule has 1 saturated carbocycles. The van der Waals surface area contributed by atoms with Crippen LogP contribution in [0.4, 0.5) is 5.69 Å². The zero-order valence-electron chi connectivity index (χ0n) is 17.4. The Morgan fingerprint density at radius 2 is 1.77 bits per heavy atom. The standard InChI is InChI=1S/C22H27N3O4S/c1-4-15(3)23-21(26)18-7-5-6-8-20(18)24-22(27)19-13-17(12-9-14(19)2)30(28,29)25-16-10-11-16/h5-9,12-13,15-16,25H,4,10-11H2,1-3H3,(H,23,26)(H,24,27)/t15-/m1/s1. The summed E-state index contributed by atoms with van der Waals surface area (Å²) in [6.45, 7) is 5.62. The molecule has 0 aromatic heterocycles. The number of anilines is 1. The second-order valence-corrected chi connectivity index (χ2v) is 9.37. The molecule has 1 atom stereocenters. The second-order valence-electron chi connectivity index (χ2n) is 7.65. The lowest BCUT2D eigenvalue weighted by molar-refractivity contribution is 0.0940. The predicted molar refractivity (Wildman–Crippen MR) is 116 cm³/mol. The van der Waals surface area contributed by atoms with Gasteiger partial charge in [-0.1, -0.05) is 25.1 Å². The van der Waals surface area contributed by atoms with E-state index in [1.807, 2.05) is 13.8 Å². The maximum Gasteiger partial charge on any atom is 0.255 e. The second kappa shape index (κ2) is 8.97. The average Bonchev–Trinajstić information content (AvgIpc) is 3.51. The summed E-state index contributed by atoms with van der Waals surface area (Å²) in [6, 6.07) is 11.2. The highest BCUT2D eigenvalue weighted by Crippen LogP contribution is 2.24. The number of hydrogen-bond donors (Lipinski definition) is 3. The van der Waals surface area contributed by atoms with Gasteiger partial charge < -0.3 is 10.6 Å². The fourth-order valence-corrected chi connectivity index (χ4v) is 4.22. The first-order valence-electron chi connectivity index (χ1n) is 10.1. The molecule has 30 heavy (non-hydrogen) atoms. The van der Waals surface area contributed by atoms with Gasteiger partial charge in [0.15, 0.2) is 0 Å². The lowest BCUT2D eigenvalue weighted by Crippen LogP contribution is -2.32. The molecule has 0 spiro atoms. The molecule has 160 valence electrons. The van der Waals surface area contributed by atoms with Crippen LogP contribution in [0, 0.1) is 6.92 Å². The molecular formula is C22H27N3O4S. The van der Waals surface area contributed by atoms with Gasteiger partial charge in [-0.05, 0) is 62.9 Å². The zero-order chi connectivity index (χ0) is 21.9. The molecule has 8 heteroatoms. The molecule has 1 aliphatic carbocycles. The number of aryl methyl sites for hydroxylation is 1. The Morgan fingerprint density at radius 3 is 2.43 bits per heavy atom. The van der Waals surface area contributed by atoms with Crippen LogP contribution in [0.25, 0.3) is 0 Å². The van der Waals surface area contributed by atoms with E-state index in [1.165, 1.54) is 12.1 Å². The number of hydrogen-bond acceptors (Lipinski definition) is 4. The molecule has 0 aliphatic heterocycles. The molecule has 3 rings (SSSR count). The Kier molecular flexibility index (Phi) is 6.58. The van der Waals surface area contributed by atoms with Gasteiger partial charge in [0.1, 0.15) is 0 Å². The van der Waals surface area contributed by atoms with E-state index in [-0.39, 0.29) is 28.4 Å². The van der Waals surface area contributed by atoms with Crippen molar-refractivity contribution >= 4 is 27.5 Å². The zero-order valence-corrected chi connectivity index (χ0v) is 18.2. The maximum absolute atomic E-state index is 12.9. The van der Waals surface area contributed by atoms with E-state index in [1.54, 1.807) is 37.3 Å². The fourth-order valence-electron chi connectivity index (χ4n) is 2.88. The van der Waals surface area contributed by atoms with Crippen LogP contribution >= 0.6 is 0 Å². The summed E-state index contributed by atoms with van der Waals surface area (Å²) in [5, 5.41) is 5.64. The first-order valence-corrected chi connectivity index (χ1v) is 11.5. The molecule has 2 aromatic rings. The molecular weight excluding hydrogens is 402 g/mol. The number of carbonyl (C=O) groups is 2. The third-order valence-electron chi connectivity index (χ3n) is 5.07. The van der Waals surface area contributed by atoms with Crippen LogP contribution in [0.15, 0.2) is 47.4 Å². The molecule has 0 bridgehead atoms. The van der Waals surface area contributed by atoms with Crippen LogP contribution in [0.2, 0.25) is 0 Å². The number of nitrogens with one attached hydrogen (secondary N) is 3. The first kappa shape index (κ1) is 22.0. The lowest BCUT2D eigenvalue weighted by atomic mass is 10.1. The molecule has 2 amide bonds. The minimum atomic E-state index is -3.67. The van der Waals surface area contributed by atoms with Gasteiger partial charge in [-0.3, -0.25) is 9.59 Å². The Morgan fingerprint density at radius 1 is 1.07 bits per heavy atom. The van der Waals surface area contributed by atoms with Crippen molar-refractivity contribution in [3.8, 4) is 0 Å². The quantitative estimate of drug-likeness (QED) is 0.599. The maximum atomic E-state index is 12.9. The van der Waals surface area contributed by atoms with Crippen LogP contribution in [-0.4, -0.2) is 32.3 Å². The van der Waals surface area contributed by atoms with Crippen molar-refractivity contribution in [3.05, 3.63) is 59.2 Å². The predicted octanol–water partition coefficient (Wildman–Crippen LogP) is 3.22. The SMILES string of the molecule is CC[C@@H](C)NC(=O)c1ccccc1NC(=O)c1cc(S(=O)(=O)NC2CC2)ccc1C. The summed E-state index contributed by atoms with van der Waals surface area (Å²) in [5.41, 5.74) is 1.60. The highest BCUT2D eigenvalue weighted by molar-refractivity contribution is 7.89. The summed E-state index contributed by atoms with van der Waals surface area (Å²) < 4.78 is 27.6. The fraction of sp³-hybridized carbons (Fsp3) is 0.364. The highest BCUT2D eigenvalue weighted by Gasteiger charge is 2.28. The normalized spacial score (nSPS) is 14.8. The van der Waals surface area contributed by atoms with Gasteiger partial charge in [-0.2, -0.15) is 0 Å². The van der Waals surface area contributed by atoms with Crippen molar-refractivity contribution in [2.24, 2.45) is 0 Å². The summed E-state index contributed by atoms with van der Waals surface area (Å²) >= 11 is 0. The minimum Gasteiger partial charge on any atom is -0.350 e. The molecule has 0 saturated heterocycles. The van der Waals surface area contributed by atoms with E-state index in [4.69, 9.17) is 0 Å². The topological polar surface area (TPSA) is 104 Å². The van der Waals surface area contributed by atoms with E-state index in [9.17, 15) is 18.0 Å². The number of sulfonamides is 1. The number of benzene rings is 2. The summed E-state index contributed by atoms with van der Waals surface area (Å²) in [6.07, 6.45) is 2.44. The number of rotatable bonds is 8. The van der Waals surface area contributed by atoms with Crippen molar-refractivity contribution in [1.29, 1.82) is 0 Å². The van der Waals surface area contributed by atoms with Crippen LogP contribution in [0.3, 0.4) is 0 Å². The minimum absolute atomic E-state index is 0.00403. The third kappa shape index (κ3) is 5.25. The molecule has 0 unspecified atom stereocenters. The van der Waals surface area contributed by atoms with Crippen molar-refractivity contribution in [1.82, 2.24) is 10.0 Å². The van der Waals surface area contributed by atoms with Gasteiger partial charge in [-0.25, -0.2) is 13.1 Å². The van der Waals surface area contributed by atoms with Gasteiger partial charge in [0.05, 0.1) is 16.1 Å². The molecule has 0 heterocycles. The molecule has 2 aromatic carbocycles. The molecule has 0 radical (unpaired) electrons. The number of amides is 2. The monoisotopic (exact) mass is 429 g/mol. The Bertz CT molecular complexity index is 1060. The van der Waals surface area contributed by atoms with Gasteiger partial charge in [0.25, 0.3) is 11.8 Å². The molecule has 7 nitrogen and oxygen atoms in total. The van der Waals surface area contributed by atoms with E-state index in [2.05, 4.69) is 15.4 Å². The van der Waals surface area contributed by atoms with Crippen molar-refractivity contribution in [2.45, 2.75) is 57.0 Å². The van der Waals surface area contributed by atoms with Crippen LogP contribution in [0.5, 0.6) is 0 Å². The summed E-state index contributed by atoms with van der Waals surface area (Å²) in [5.74, 6) is -0.748. The van der Waals surface area contributed by atoms with Gasteiger partial charge in [0.2, 0.25) is 10.0 Å². The number of para-hydroxylation sites is 1. The number of carbonyl (C=O) groups excluding carboxylic acids is 2. The Labute approximate surface area is 177 Å². The third-order valence-corrected chi connectivity index (χ3v) is 6.59. The van der Waals surface area contributed by atoms with Crippen LogP contribution in [-0.2, 0) is 10.0 Å².